The third kappa shape index (κ3) is 2.50. The maximum absolute atomic E-state index is 8.70. The summed E-state index contributed by atoms with van der Waals surface area (Å²) in [7, 11) is 0. The second-order valence-electron chi connectivity index (χ2n) is 2.99. The highest BCUT2D eigenvalue weighted by Crippen LogP contribution is 2.12. The first kappa shape index (κ1) is 9.66. The third-order valence-corrected chi connectivity index (χ3v) is 1.81. The van der Waals surface area contributed by atoms with E-state index in [0.29, 0.717) is 11.8 Å². The SMILES string of the molecule is C=C[C@H](C)[C@H](NO)C(C)C. The van der Waals surface area contributed by atoms with Crippen LogP contribution in [-0.2, 0) is 0 Å². The molecule has 0 rings (SSSR count). The Labute approximate surface area is 62.9 Å². The molecule has 2 heteroatoms. The van der Waals surface area contributed by atoms with E-state index >= 15 is 0 Å². The summed E-state index contributed by atoms with van der Waals surface area (Å²) in [5, 5.41) is 8.70. The Morgan fingerprint density at radius 1 is 1.40 bits per heavy atom. The van der Waals surface area contributed by atoms with Gasteiger partial charge in [-0.25, -0.2) is 5.48 Å². The minimum Gasteiger partial charge on any atom is -0.317 e. The normalized spacial score (nSPS) is 16.9. The molecule has 60 valence electrons. The maximum Gasteiger partial charge on any atom is 0.0402 e. The first-order valence-corrected chi connectivity index (χ1v) is 3.65. The number of hydroxylamine groups is 1. The van der Waals surface area contributed by atoms with Crippen LogP contribution in [0, 0.1) is 11.8 Å². The van der Waals surface area contributed by atoms with E-state index in [1.807, 2.05) is 13.0 Å². The van der Waals surface area contributed by atoms with Gasteiger partial charge in [-0.3, -0.25) is 0 Å². The van der Waals surface area contributed by atoms with Crippen LogP contribution >= 0.6 is 0 Å². The molecule has 0 bridgehead atoms. The Hall–Kier alpha value is -0.340. The lowest BCUT2D eigenvalue weighted by Gasteiger charge is -2.22. The highest BCUT2D eigenvalue weighted by Gasteiger charge is 2.16. The van der Waals surface area contributed by atoms with Crippen LogP contribution < -0.4 is 5.48 Å². The van der Waals surface area contributed by atoms with Crippen LogP contribution in [-0.4, -0.2) is 11.2 Å². The summed E-state index contributed by atoms with van der Waals surface area (Å²) >= 11 is 0. The zero-order valence-electron chi connectivity index (χ0n) is 6.96. The molecule has 2 atom stereocenters. The van der Waals surface area contributed by atoms with Crippen LogP contribution in [0.3, 0.4) is 0 Å². The van der Waals surface area contributed by atoms with Crippen molar-refractivity contribution in [2.75, 3.05) is 0 Å². The predicted molar refractivity (Wildman–Crippen MR) is 42.9 cm³/mol. The van der Waals surface area contributed by atoms with Crippen molar-refractivity contribution in [1.82, 2.24) is 5.48 Å². The van der Waals surface area contributed by atoms with Crippen LogP contribution in [0.4, 0.5) is 0 Å². The van der Waals surface area contributed by atoms with Gasteiger partial charge in [-0.15, -0.1) is 6.58 Å². The molecule has 0 aromatic carbocycles. The van der Waals surface area contributed by atoms with Crippen molar-refractivity contribution in [2.24, 2.45) is 11.8 Å². The molecule has 0 heterocycles. The topological polar surface area (TPSA) is 32.3 Å². The minimum absolute atomic E-state index is 0.123. The summed E-state index contributed by atoms with van der Waals surface area (Å²) in [5.41, 5.74) is 2.28. The Morgan fingerprint density at radius 3 is 2.00 bits per heavy atom. The van der Waals surface area contributed by atoms with Gasteiger partial charge in [0.05, 0.1) is 0 Å². The van der Waals surface area contributed by atoms with Crippen molar-refractivity contribution in [3.63, 3.8) is 0 Å². The maximum atomic E-state index is 8.70. The molecule has 0 unspecified atom stereocenters. The van der Waals surface area contributed by atoms with E-state index in [-0.39, 0.29) is 6.04 Å². The van der Waals surface area contributed by atoms with E-state index in [0.717, 1.165) is 0 Å². The molecule has 0 aromatic heterocycles. The second kappa shape index (κ2) is 4.47. The lowest BCUT2D eigenvalue weighted by Crippen LogP contribution is -2.36. The second-order valence-corrected chi connectivity index (χ2v) is 2.99. The van der Waals surface area contributed by atoms with Gasteiger partial charge >= 0.3 is 0 Å². The minimum atomic E-state index is 0.123. The molecule has 10 heavy (non-hydrogen) atoms. The summed E-state index contributed by atoms with van der Waals surface area (Å²) in [6.45, 7) is 9.82. The standard InChI is InChI=1S/C8H17NO/c1-5-7(4)8(9-10)6(2)3/h5-10H,1H2,2-4H3/t7-,8+/m0/s1. The van der Waals surface area contributed by atoms with Crippen molar-refractivity contribution in [1.29, 1.82) is 0 Å². The van der Waals surface area contributed by atoms with Crippen LogP contribution in [0.2, 0.25) is 0 Å². The fourth-order valence-electron chi connectivity index (χ4n) is 1.02. The molecule has 2 nitrogen and oxygen atoms in total. The summed E-state index contributed by atoms with van der Waals surface area (Å²) in [4.78, 5) is 0. The summed E-state index contributed by atoms with van der Waals surface area (Å²) in [5.74, 6) is 0.739. The van der Waals surface area contributed by atoms with Gasteiger partial charge in [0.1, 0.15) is 0 Å². The van der Waals surface area contributed by atoms with Crippen molar-refractivity contribution >= 4 is 0 Å². The summed E-state index contributed by atoms with van der Waals surface area (Å²) < 4.78 is 0. The van der Waals surface area contributed by atoms with E-state index in [1.165, 1.54) is 0 Å². The van der Waals surface area contributed by atoms with Gasteiger partial charge in [-0.05, 0) is 11.8 Å². The Morgan fingerprint density at radius 2 is 1.90 bits per heavy atom. The van der Waals surface area contributed by atoms with Crippen molar-refractivity contribution < 1.29 is 5.21 Å². The van der Waals surface area contributed by atoms with Crippen molar-refractivity contribution in [2.45, 2.75) is 26.8 Å². The molecule has 0 fully saturated rings. The molecular formula is C8H17NO. The molecule has 0 saturated carbocycles. The fraction of sp³-hybridized carbons (Fsp3) is 0.750. The van der Waals surface area contributed by atoms with Gasteiger partial charge in [0.2, 0.25) is 0 Å². The molecule has 0 aliphatic heterocycles. The molecule has 0 aliphatic rings. The lowest BCUT2D eigenvalue weighted by molar-refractivity contribution is 0.0876. The van der Waals surface area contributed by atoms with E-state index in [9.17, 15) is 0 Å². The van der Waals surface area contributed by atoms with Crippen molar-refractivity contribution in [3.8, 4) is 0 Å². The molecule has 0 aromatic rings. The van der Waals surface area contributed by atoms with E-state index < -0.39 is 0 Å². The van der Waals surface area contributed by atoms with Gasteiger partial charge in [-0.2, -0.15) is 0 Å². The molecule has 0 aliphatic carbocycles. The van der Waals surface area contributed by atoms with Crippen LogP contribution in [0.15, 0.2) is 12.7 Å². The number of hydrogen-bond donors (Lipinski definition) is 2. The highest BCUT2D eigenvalue weighted by molar-refractivity contribution is 4.85. The fourth-order valence-corrected chi connectivity index (χ4v) is 1.02. The van der Waals surface area contributed by atoms with Gasteiger partial charge < -0.3 is 5.21 Å². The lowest BCUT2D eigenvalue weighted by atomic mass is 9.93. The Balaban J connectivity index is 3.92. The van der Waals surface area contributed by atoms with Gasteiger partial charge in [0.25, 0.3) is 0 Å². The summed E-state index contributed by atoms with van der Waals surface area (Å²) in [6, 6.07) is 0.123. The predicted octanol–water partition coefficient (Wildman–Crippen LogP) is 1.81. The van der Waals surface area contributed by atoms with Crippen LogP contribution in [0.25, 0.3) is 0 Å². The zero-order chi connectivity index (χ0) is 8.15. The Bertz CT molecular complexity index is 101. The molecular weight excluding hydrogens is 126 g/mol. The first-order chi connectivity index (χ1) is 4.63. The zero-order valence-corrected chi connectivity index (χ0v) is 6.96. The summed E-state index contributed by atoms with van der Waals surface area (Å²) in [6.07, 6.45) is 1.84. The van der Waals surface area contributed by atoms with E-state index in [1.54, 1.807) is 0 Å². The molecule has 2 N–H and O–H groups in total. The highest BCUT2D eigenvalue weighted by atomic mass is 16.5. The molecule has 0 radical (unpaired) electrons. The van der Waals surface area contributed by atoms with E-state index in [4.69, 9.17) is 5.21 Å². The van der Waals surface area contributed by atoms with Crippen LogP contribution in [0.1, 0.15) is 20.8 Å². The number of rotatable bonds is 4. The molecule has 0 saturated heterocycles. The van der Waals surface area contributed by atoms with E-state index in [2.05, 4.69) is 25.9 Å². The average molecular weight is 143 g/mol. The van der Waals surface area contributed by atoms with Crippen molar-refractivity contribution in [3.05, 3.63) is 12.7 Å². The van der Waals surface area contributed by atoms with Gasteiger partial charge in [0, 0.05) is 6.04 Å². The third-order valence-electron chi connectivity index (χ3n) is 1.81. The Kier molecular flexibility index (Phi) is 4.32. The monoisotopic (exact) mass is 143 g/mol. The van der Waals surface area contributed by atoms with Crippen LogP contribution in [0.5, 0.6) is 0 Å². The smallest absolute Gasteiger partial charge is 0.0402 e. The number of nitrogens with one attached hydrogen (secondary N) is 1. The number of hydrogen-bond acceptors (Lipinski definition) is 2. The molecule has 0 amide bonds. The first-order valence-electron chi connectivity index (χ1n) is 3.65. The largest absolute Gasteiger partial charge is 0.317 e. The average Bonchev–Trinajstić information content (AvgIpc) is 1.88. The van der Waals surface area contributed by atoms with Gasteiger partial charge in [-0.1, -0.05) is 26.8 Å². The molecule has 0 spiro atoms. The van der Waals surface area contributed by atoms with Gasteiger partial charge in [0.15, 0.2) is 0 Å². The quantitative estimate of drug-likeness (QED) is 0.464.